The Morgan fingerprint density at radius 1 is 1.09 bits per heavy atom. The van der Waals surface area contributed by atoms with Crippen molar-refractivity contribution in [2.45, 2.75) is 11.8 Å². The Morgan fingerprint density at radius 2 is 1.83 bits per heavy atom. The average Bonchev–Trinajstić information content (AvgIpc) is 2.56. The molecule has 0 unspecified atom stereocenters. The quantitative estimate of drug-likeness (QED) is 0.909. The fraction of sp³-hybridized carbons (Fsp3) is 0.250. The fourth-order valence-electron chi connectivity index (χ4n) is 2.23. The van der Waals surface area contributed by atoms with E-state index >= 15 is 0 Å². The van der Waals surface area contributed by atoms with Crippen LogP contribution >= 0.6 is 0 Å². The number of hydrogen-bond acceptors (Lipinski definition) is 5. The molecule has 3 rings (SSSR count). The molecule has 0 bridgehead atoms. The van der Waals surface area contributed by atoms with Crippen LogP contribution in [0.3, 0.4) is 0 Å². The van der Waals surface area contributed by atoms with Gasteiger partial charge in [0.05, 0.1) is 17.2 Å². The van der Waals surface area contributed by atoms with E-state index in [9.17, 15) is 8.42 Å². The molecule has 6 nitrogen and oxygen atoms in total. The summed E-state index contributed by atoms with van der Waals surface area (Å²) in [6.07, 6.45) is 0. The fourth-order valence-corrected chi connectivity index (χ4v) is 3.31. The minimum atomic E-state index is -3.75. The molecular formula is C16H17NO5S. The molecule has 1 aliphatic rings. The van der Waals surface area contributed by atoms with Gasteiger partial charge in [0.25, 0.3) is 10.0 Å². The predicted molar refractivity (Wildman–Crippen MR) is 85.9 cm³/mol. The molecule has 0 fully saturated rings. The predicted octanol–water partition coefficient (Wildman–Crippen LogP) is 2.66. The number of benzene rings is 2. The number of anilines is 1. The maximum Gasteiger partial charge on any atom is 0.262 e. The molecule has 0 spiro atoms. The number of fused-ring (bicyclic) bond motifs is 1. The van der Waals surface area contributed by atoms with Crippen LogP contribution < -0.4 is 18.9 Å². The van der Waals surface area contributed by atoms with E-state index in [1.165, 1.54) is 12.1 Å². The van der Waals surface area contributed by atoms with E-state index in [0.717, 1.165) is 0 Å². The van der Waals surface area contributed by atoms with Gasteiger partial charge in [-0.1, -0.05) is 12.1 Å². The molecule has 0 saturated carbocycles. The van der Waals surface area contributed by atoms with Gasteiger partial charge in [0.1, 0.15) is 19.0 Å². The molecule has 0 radical (unpaired) electrons. The molecule has 7 heteroatoms. The molecule has 0 atom stereocenters. The number of sulfonamides is 1. The highest BCUT2D eigenvalue weighted by atomic mass is 32.2. The van der Waals surface area contributed by atoms with Crippen LogP contribution in [0, 0.1) is 0 Å². The molecule has 2 aromatic rings. The second kappa shape index (κ2) is 6.37. The van der Waals surface area contributed by atoms with Crippen molar-refractivity contribution >= 4 is 15.7 Å². The topological polar surface area (TPSA) is 73.9 Å². The van der Waals surface area contributed by atoms with E-state index in [-0.39, 0.29) is 4.90 Å². The summed E-state index contributed by atoms with van der Waals surface area (Å²) in [7, 11) is -3.75. The van der Waals surface area contributed by atoms with Crippen LogP contribution in [-0.4, -0.2) is 28.2 Å². The molecule has 0 aliphatic carbocycles. The number of ether oxygens (including phenoxy) is 3. The van der Waals surface area contributed by atoms with Crippen LogP contribution in [0.15, 0.2) is 47.4 Å². The number of hydrogen-bond donors (Lipinski definition) is 1. The number of para-hydroxylation sites is 2. The summed E-state index contributed by atoms with van der Waals surface area (Å²) in [5, 5.41) is 0. The smallest absolute Gasteiger partial charge is 0.262 e. The second-order valence-electron chi connectivity index (χ2n) is 4.84. The largest absolute Gasteiger partial charge is 0.492 e. The summed E-state index contributed by atoms with van der Waals surface area (Å²) in [4.78, 5) is 0.105. The van der Waals surface area contributed by atoms with Gasteiger partial charge in [-0.25, -0.2) is 8.42 Å². The highest BCUT2D eigenvalue weighted by molar-refractivity contribution is 7.92. The van der Waals surface area contributed by atoms with Crippen LogP contribution in [0.5, 0.6) is 17.2 Å². The Kier molecular flexibility index (Phi) is 4.29. The maximum atomic E-state index is 12.6. The average molecular weight is 335 g/mol. The molecule has 1 N–H and O–H groups in total. The van der Waals surface area contributed by atoms with Crippen molar-refractivity contribution in [1.29, 1.82) is 0 Å². The van der Waals surface area contributed by atoms with Gasteiger partial charge in [0.15, 0.2) is 11.5 Å². The minimum Gasteiger partial charge on any atom is -0.492 e. The first-order valence-electron chi connectivity index (χ1n) is 7.24. The Labute approximate surface area is 135 Å². The van der Waals surface area contributed by atoms with Crippen LogP contribution in [0.4, 0.5) is 5.69 Å². The third-order valence-electron chi connectivity index (χ3n) is 3.26. The SMILES string of the molecule is CCOc1ccccc1NS(=O)(=O)c1ccc2c(c1)OCCO2. The summed E-state index contributed by atoms with van der Waals surface area (Å²) in [5.74, 6) is 1.46. The van der Waals surface area contributed by atoms with Crippen LogP contribution in [0.1, 0.15) is 6.92 Å². The Morgan fingerprint density at radius 3 is 2.61 bits per heavy atom. The van der Waals surface area contributed by atoms with Gasteiger partial charge in [0.2, 0.25) is 0 Å². The van der Waals surface area contributed by atoms with Gasteiger partial charge in [-0.3, -0.25) is 4.72 Å². The highest BCUT2D eigenvalue weighted by Crippen LogP contribution is 2.33. The molecule has 23 heavy (non-hydrogen) atoms. The molecule has 0 saturated heterocycles. The zero-order chi connectivity index (χ0) is 16.3. The Hall–Kier alpha value is -2.41. The van der Waals surface area contributed by atoms with Crippen LogP contribution in [0.2, 0.25) is 0 Å². The van der Waals surface area contributed by atoms with Crippen molar-refractivity contribution in [3.63, 3.8) is 0 Å². The van der Waals surface area contributed by atoms with Crippen molar-refractivity contribution in [3.8, 4) is 17.2 Å². The highest BCUT2D eigenvalue weighted by Gasteiger charge is 2.20. The summed E-state index contributed by atoms with van der Waals surface area (Å²) < 4.78 is 44.0. The molecule has 0 amide bonds. The van der Waals surface area contributed by atoms with E-state index in [2.05, 4.69) is 4.72 Å². The summed E-state index contributed by atoms with van der Waals surface area (Å²) in [6, 6.07) is 11.4. The Balaban J connectivity index is 1.90. The third kappa shape index (κ3) is 3.34. The number of nitrogens with one attached hydrogen (secondary N) is 1. The van der Waals surface area contributed by atoms with E-state index in [1.807, 2.05) is 6.92 Å². The van der Waals surface area contributed by atoms with Gasteiger partial charge in [-0.2, -0.15) is 0 Å². The van der Waals surface area contributed by atoms with Crippen molar-refractivity contribution in [1.82, 2.24) is 0 Å². The first-order chi connectivity index (χ1) is 11.1. The van der Waals surface area contributed by atoms with Crippen LogP contribution in [-0.2, 0) is 10.0 Å². The molecule has 1 aliphatic heterocycles. The van der Waals surface area contributed by atoms with E-state index in [4.69, 9.17) is 14.2 Å². The van der Waals surface area contributed by atoms with Crippen molar-refractivity contribution in [3.05, 3.63) is 42.5 Å². The minimum absolute atomic E-state index is 0.105. The third-order valence-corrected chi connectivity index (χ3v) is 4.62. The lowest BCUT2D eigenvalue weighted by Crippen LogP contribution is -2.17. The monoisotopic (exact) mass is 335 g/mol. The lowest BCUT2D eigenvalue weighted by Gasteiger charge is -2.19. The summed E-state index contributed by atoms with van der Waals surface area (Å²) in [6.45, 7) is 3.14. The standard InChI is InChI=1S/C16H17NO5S/c1-2-20-14-6-4-3-5-13(14)17-23(18,19)12-7-8-15-16(11-12)22-10-9-21-15/h3-8,11,17H,2,9-10H2,1H3. The molecule has 1 heterocycles. The molecular weight excluding hydrogens is 318 g/mol. The lowest BCUT2D eigenvalue weighted by molar-refractivity contribution is 0.171. The van der Waals surface area contributed by atoms with E-state index in [0.29, 0.717) is 42.8 Å². The van der Waals surface area contributed by atoms with Gasteiger partial charge < -0.3 is 14.2 Å². The maximum absolute atomic E-state index is 12.6. The van der Waals surface area contributed by atoms with E-state index < -0.39 is 10.0 Å². The Bertz CT molecular complexity index is 804. The van der Waals surface area contributed by atoms with Gasteiger partial charge in [-0.05, 0) is 31.2 Å². The van der Waals surface area contributed by atoms with Gasteiger partial charge in [-0.15, -0.1) is 0 Å². The van der Waals surface area contributed by atoms with Gasteiger partial charge in [0, 0.05) is 6.07 Å². The first kappa shape index (κ1) is 15.5. The van der Waals surface area contributed by atoms with Crippen molar-refractivity contribution < 1.29 is 22.6 Å². The van der Waals surface area contributed by atoms with Crippen molar-refractivity contribution in [2.75, 3.05) is 24.5 Å². The molecule has 0 aromatic heterocycles. The van der Waals surface area contributed by atoms with Crippen molar-refractivity contribution in [2.24, 2.45) is 0 Å². The zero-order valence-corrected chi connectivity index (χ0v) is 13.4. The van der Waals surface area contributed by atoms with Gasteiger partial charge >= 0.3 is 0 Å². The summed E-state index contributed by atoms with van der Waals surface area (Å²) in [5.41, 5.74) is 0.393. The normalized spacial score (nSPS) is 13.4. The molecule has 2 aromatic carbocycles. The number of rotatable bonds is 5. The first-order valence-corrected chi connectivity index (χ1v) is 8.73. The van der Waals surface area contributed by atoms with Crippen LogP contribution in [0.25, 0.3) is 0 Å². The molecule has 122 valence electrons. The summed E-state index contributed by atoms with van der Waals surface area (Å²) >= 11 is 0. The lowest BCUT2D eigenvalue weighted by atomic mass is 10.3. The second-order valence-corrected chi connectivity index (χ2v) is 6.52. The zero-order valence-electron chi connectivity index (χ0n) is 12.6. The van der Waals surface area contributed by atoms with E-state index in [1.54, 1.807) is 30.3 Å².